The molecule has 2 fully saturated rings. The maximum absolute atomic E-state index is 12.1. The van der Waals surface area contributed by atoms with Crippen LogP contribution in [0.1, 0.15) is 32.1 Å². The Bertz CT molecular complexity index is 357. The van der Waals surface area contributed by atoms with E-state index in [1.807, 2.05) is 0 Å². The lowest BCUT2D eigenvalue weighted by Gasteiger charge is -2.35. The summed E-state index contributed by atoms with van der Waals surface area (Å²) in [6, 6.07) is -0.775. The molecule has 0 aromatic carbocycles. The fraction of sp³-hybridized carbons (Fsp3) is 0.857. The van der Waals surface area contributed by atoms with Crippen LogP contribution in [0.25, 0.3) is 0 Å². The largest absolute Gasteiger partial charge is 0.370 e. The molecule has 0 aromatic heterocycles. The van der Waals surface area contributed by atoms with Crippen LogP contribution in [0.4, 0.5) is 0 Å². The van der Waals surface area contributed by atoms with Crippen molar-refractivity contribution in [1.82, 2.24) is 9.80 Å². The highest BCUT2D eigenvalue weighted by molar-refractivity contribution is 5.87. The van der Waals surface area contributed by atoms with Crippen LogP contribution in [0, 0.1) is 5.92 Å². The number of hydrogen-bond donors (Lipinski definition) is 2. The normalized spacial score (nSPS) is 20.9. The molecule has 6 nitrogen and oxygen atoms in total. The molecule has 0 saturated carbocycles. The summed E-state index contributed by atoms with van der Waals surface area (Å²) in [7, 11) is 0. The molecule has 0 spiro atoms. The highest BCUT2D eigenvalue weighted by Crippen LogP contribution is 2.21. The molecular weight excluding hydrogens is 327 g/mol. The zero-order chi connectivity index (χ0) is 14.5. The second-order valence-electron chi connectivity index (χ2n) is 6.05. The van der Waals surface area contributed by atoms with Crippen molar-refractivity contribution < 1.29 is 9.59 Å². The summed E-state index contributed by atoms with van der Waals surface area (Å²) < 4.78 is 0. The Kier molecular flexibility index (Phi) is 10.00. The number of rotatable bonds is 5. The van der Waals surface area contributed by atoms with Crippen LogP contribution in [0.5, 0.6) is 0 Å². The molecule has 2 heterocycles. The Labute approximate surface area is 144 Å². The second-order valence-corrected chi connectivity index (χ2v) is 6.05. The van der Waals surface area contributed by atoms with Gasteiger partial charge in [-0.1, -0.05) is 0 Å². The van der Waals surface area contributed by atoms with E-state index in [0.29, 0.717) is 5.92 Å². The van der Waals surface area contributed by atoms with Gasteiger partial charge in [0, 0.05) is 19.6 Å². The monoisotopic (exact) mass is 354 g/mol. The molecule has 0 aliphatic carbocycles. The molecular formula is C14H28Cl2N4O2. The lowest BCUT2D eigenvalue weighted by molar-refractivity contribution is -0.136. The van der Waals surface area contributed by atoms with E-state index in [1.165, 1.54) is 25.9 Å². The third-order valence-electron chi connectivity index (χ3n) is 4.38. The molecule has 8 heteroatoms. The van der Waals surface area contributed by atoms with E-state index in [2.05, 4.69) is 4.90 Å². The summed E-state index contributed by atoms with van der Waals surface area (Å²) in [6.07, 6.45) is 4.64. The SMILES string of the molecule is Cl.Cl.NC(=O)CC(N)C(=O)N1CCC(CN2CCCC2)CC1. The van der Waals surface area contributed by atoms with Crippen LogP contribution in [0.3, 0.4) is 0 Å². The molecule has 22 heavy (non-hydrogen) atoms. The highest BCUT2D eigenvalue weighted by Gasteiger charge is 2.28. The average molecular weight is 355 g/mol. The highest BCUT2D eigenvalue weighted by atomic mass is 35.5. The van der Waals surface area contributed by atoms with Crippen molar-refractivity contribution in [2.45, 2.75) is 38.1 Å². The molecule has 0 aromatic rings. The molecule has 0 bridgehead atoms. The first-order valence-electron chi connectivity index (χ1n) is 7.61. The summed E-state index contributed by atoms with van der Waals surface area (Å²) >= 11 is 0. The van der Waals surface area contributed by atoms with E-state index in [9.17, 15) is 9.59 Å². The fourth-order valence-electron chi connectivity index (χ4n) is 3.20. The lowest BCUT2D eigenvalue weighted by Crippen LogP contribution is -2.49. The molecule has 0 radical (unpaired) electrons. The summed E-state index contributed by atoms with van der Waals surface area (Å²) in [4.78, 5) is 27.2. The number of nitrogens with zero attached hydrogens (tertiary/aromatic N) is 2. The zero-order valence-corrected chi connectivity index (χ0v) is 14.5. The number of hydrogen-bond acceptors (Lipinski definition) is 4. The predicted molar refractivity (Wildman–Crippen MR) is 91.3 cm³/mol. The van der Waals surface area contributed by atoms with E-state index in [4.69, 9.17) is 11.5 Å². The third kappa shape index (κ3) is 6.28. The number of carbonyl (C=O) groups is 2. The Morgan fingerprint density at radius 2 is 1.59 bits per heavy atom. The van der Waals surface area contributed by atoms with Gasteiger partial charge in [0.25, 0.3) is 0 Å². The maximum atomic E-state index is 12.1. The molecule has 2 aliphatic rings. The zero-order valence-electron chi connectivity index (χ0n) is 12.9. The van der Waals surface area contributed by atoms with Gasteiger partial charge in [-0.05, 0) is 44.7 Å². The standard InChI is InChI=1S/C14H26N4O2.2ClH/c15-12(9-13(16)19)14(20)18-7-3-11(4-8-18)10-17-5-1-2-6-17;;/h11-12H,1-10,15H2,(H2,16,19);2*1H. The van der Waals surface area contributed by atoms with Crippen molar-refractivity contribution in [2.24, 2.45) is 17.4 Å². The van der Waals surface area contributed by atoms with Crippen molar-refractivity contribution >= 4 is 36.6 Å². The number of piperidine rings is 1. The van der Waals surface area contributed by atoms with E-state index in [-0.39, 0.29) is 37.1 Å². The minimum Gasteiger partial charge on any atom is -0.370 e. The smallest absolute Gasteiger partial charge is 0.240 e. The van der Waals surface area contributed by atoms with Gasteiger partial charge in [0.2, 0.25) is 11.8 Å². The van der Waals surface area contributed by atoms with E-state index in [1.54, 1.807) is 4.90 Å². The number of primary amides is 1. The summed E-state index contributed by atoms with van der Waals surface area (Å²) in [5.41, 5.74) is 10.8. The Balaban J connectivity index is 0.00000220. The minimum absolute atomic E-state index is 0. The van der Waals surface area contributed by atoms with Gasteiger partial charge in [-0.2, -0.15) is 0 Å². The molecule has 130 valence electrons. The number of nitrogens with two attached hydrogens (primary N) is 2. The minimum atomic E-state index is -0.775. The number of halogens is 2. The molecule has 2 amide bonds. The summed E-state index contributed by atoms with van der Waals surface area (Å²) in [5, 5.41) is 0. The van der Waals surface area contributed by atoms with Crippen LogP contribution >= 0.6 is 24.8 Å². The van der Waals surface area contributed by atoms with Crippen molar-refractivity contribution in [2.75, 3.05) is 32.7 Å². The van der Waals surface area contributed by atoms with Gasteiger partial charge in [-0.3, -0.25) is 9.59 Å². The third-order valence-corrected chi connectivity index (χ3v) is 4.38. The first-order chi connectivity index (χ1) is 9.56. The van der Waals surface area contributed by atoms with Gasteiger partial charge >= 0.3 is 0 Å². The fourth-order valence-corrected chi connectivity index (χ4v) is 3.20. The topological polar surface area (TPSA) is 92.7 Å². The first-order valence-corrected chi connectivity index (χ1v) is 7.61. The molecule has 4 N–H and O–H groups in total. The molecule has 2 aliphatic heterocycles. The summed E-state index contributed by atoms with van der Waals surface area (Å²) in [6.45, 7) is 5.12. The van der Waals surface area contributed by atoms with Gasteiger partial charge in [0.05, 0.1) is 12.5 Å². The number of amides is 2. The van der Waals surface area contributed by atoms with Crippen molar-refractivity contribution in [3.05, 3.63) is 0 Å². The van der Waals surface area contributed by atoms with E-state index in [0.717, 1.165) is 32.5 Å². The van der Waals surface area contributed by atoms with Crippen molar-refractivity contribution in [3.63, 3.8) is 0 Å². The van der Waals surface area contributed by atoms with Crippen LogP contribution in [-0.2, 0) is 9.59 Å². The lowest BCUT2D eigenvalue weighted by atomic mass is 9.95. The van der Waals surface area contributed by atoms with Gasteiger partial charge < -0.3 is 21.3 Å². The van der Waals surface area contributed by atoms with E-state index >= 15 is 0 Å². The molecule has 1 unspecified atom stereocenters. The van der Waals surface area contributed by atoms with Crippen LogP contribution in [0.15, 0.2) is 0 Å². The molecule has 2 rings (SSSR count). The van der Waals surface area contributed by atoms with Crippen LogP contribution in [0.2, 0.25) is 0 Å². The predicted octanol–water partition coefficient (Wildman–Crippen LogP) is 0.367. The maximum Gasteiger partial charge on any atom is 0.240 e. The second kappa shape index (κ2) is 10.3. The van der Waals surface area contributed by atoms with Crippen LogP contribution in [-0.4, -0.2) is 60.4 Å². The van der Waals surface area contributed by atoms with Gasteiger partial charge in [-0.15, -0.1) is 24.8 Å². The van der Waals surface area contributed by atoms with Gasteiger partial charge in [-0.25, -0.2) is 0 Å². The van der Waals surface area contributed by atoms with Gasteiger partial charge in [0.1, 0.15) is 0 Å². The summed E-state index contributed by atoms with van der Waals surface area (Å²) in [5.74, 6) is 0.0303. The van der Waals surface area contributed by atoms with Crippen molar-refractivity contribution in [3.8, 4) is 0 Å². The number of carbonyl (C=O) groups excluding carboxylic acids is 2. The Morgan fingerprint density at radius 1 is 1.05 bits per heavy atom. The average Bonchev–Trinajstić information content (AvgIpc) is 2.91. The molecule has 1 atom stereocenters. The Hall–Kier alpha value is -0.560. The van der Waals surface area contributed by atoms with E-state index < -0.39 is 11.9 Å². The molecule has 2 saturated heterocycles. The quantitative estimate of drug-likeness (QED) is 0.745. The van der Waals surface area contributed by atoms with Crippen molar-refractivity contribution in [1.29, 1.82) is 0 Å². The number of likely N-dealkylation sites (tertiary alicyclic amines) is 2. The van der Waals surface area contributed by atoms with Gasteiger partial charge in [0.15, 0.2) is 0 Å². The Morgan fingerprint density at radius 3 is 2.09 bits per heavy atom. The first kappa shape index (κ1) is 21.4. The van der Waals surface area contributed by atoms with Crippen LogP contribution < -0.4 is 11.5 Å².